The number of carbonyl (C=O) groups excluding carboxylic acids is 2. The molecule has 0 saturated carbocycles. The molecule has 4 heterocycles. The number of nitrogens with one attached hydrogen (secondary N) is 1. The van der Waals surface area contributed by atoms with Gasteiger partial charge < -0.3 is 14.6 Å². The molecule has 1 saturated heterocycles. The van der Waals surface area contributed by atoms with Gasteiger partial charge in [0.05, 0.1) is 28.6 Å². The van der Waals surface area contributed by atoms with E-state index in [1.807, 2.05) is 52.4 Å². The molecule has 8 heteroatoms. The van der Waals surface area contributed by atoms with Gasteiger partial charge in [-0.1, -0.05) is 30.3 Å². The first-order chi connectivity index (χ1) is 14.7. The summed E-state index contributed by atoms with van der Waals surface area (Å²) in [5.74, 6) is -0.506. The molecular formula is C22H22N4O3S. The molecule has 0 aliphatic carbocycles. The van der Waals surface area contributed by atoms with Crippen LogP contribution in [0.5, 0.6) is 0 Å². The summed E-state index contributed by atoms with van der Waals surface area (Å²) in [6.07, 6.45) is 2.02. The van der Waals surface area contributed by atoms with Crippen LogP contribution in [0.4, 0.5) is 0 Å². The molecule has 0 radical (unpaired) electrons. The Morgan fingerprint density at radius 1 is 1.27 bits per heavy atom. The summed E-state index contributed by atoms with van der Waals surface area (Å²) in [5.41, 5.74) is 3.24. The summed E-state index contributed by atoms with van der Waals surface area (Å²) in [7, 11) is 0. The summed E-state index contributed by atoms with van der Waals surface area (Å²) in [5, 5.41) is 10.8. The van der Waals surface area contributed by atoms with Gasteiger partial charge in [0.2, 0.25) is 5.91 Å². The summed E-state index contributed by atoms with van der Waals surface area (Å²) >= 11 is 1.60. The first-order valence-corrected chi connectivity index (χ1v) is 11.0. The van der Waals surface area contributed by atoms with Crippen molar-refractivity contribution in [3.05, 3.63) is 59.1 Å². The van der Waals surface area contributed by atoms with E-state index >= 15 is 0 Å². The topological polar surface area (TPSA) is 75.9 Å². The predicted octanol–water partition coefficient (Wildman–Crippen LogP) is 2.86. The number of aromatic nitrogens is 1. The molecule has 2 aliphatic rings. The lowest BCUT2D eigenvalue weighted by atomic mass is 10.1. The number of amides is 2. The lowest BCUT2D eigenvalue weighted by Gasteiger charge is -2.17. The minimum Gasteiger partial charge on any atom is -0.376 e. The fourth-order valence-corrected chi connectivity index (χ4v) is 4.76. The zero-order valence-electron chi connectivity index (χ0n) is 16.4. The third-order valence-corrected chi connectivity index (χ3v) is 6.33. The summed E-state index contributed by atoms with van der Waals surface area (Å²) < 4.78 is 8.60. The second-order valence-corrected chi connectivity index (χ2v) is 8.45. The Bertz CT molecular complexity index is 1110. The van der Waals surface area contributed by atoms with Gasteiger partial charge in [-0.25, -0.2) is 5.01 Å². The second kappa shape index (κ2) is 8.04. The standard InChI is InChI=1S/C22H22N4O3S/c27-21(23-12-16-7-4-9-29-16)14-26-22(28)19-11-20-18(8-10-30-20)25(19)13-17(24-26)15-5-2-1-3-6-15/h1-3,5-6,8,10-11,16H,4,7,9,12-14H2,(H,23,27)/t16-/m1/s1. The molecule has 1 aromatic carbocycles. The van der Waals surface area contributed by atoms with E-state index < -0.39 is 0 Å². The molecular weight excluding hydrogens is 400 g/mol. The van der Waals surface area contributed by atoms with E-state index in [0.29, 0.717) is 18.8 Å². The Balaban J connectivity index is 1.44. The molecule has 7 nitrogen and oxygen atoms in total. The van der Waals surface area contributed by atoms with Crippen LogP contribution in [0.2, 0.25) is 0 Å². The Morgan fingerprint density at radius 3 is 2.93 bits per heavy atom. The quantitative estimate of drug-likeness (QED) is 0.687. The van der Waals surface area contributed by atoms with Crippen molar-refractivity contribution in [3.8, 4) is 0 Å². The van der Waals surface area contributed by atoms with Crippen LogP contribution in [0.25, 0.3) is 10.2 Å². The predicted molar refractivity (Wildman–Crippen MR) is 116 cm³/mol. The minimum atomic E-state index is -0.267. The van der Waals surface area contributed by atoms with Gasteiger partial charge in [-0.2, -0.15) is 5.10 Å². The van der Waals surface area contributed by atoms with E-state index in [-0.39, 0.29) is 24.5 Å². The Labute approximate surface area is 177 Å². The lowest BCUT2D eigenvalue weighted by Crippen LogP contribution is -2.40. The third-order valence-electron chi connectivity index (χ3n) is 5.48. The molecule has 2 amide bonds. The van der Waals surface area contributed by atoms with Crippen molar-refractivity contribution in [2.45, 2.75) is 25.5 Å². The molecule has 1 N–H and O–H groups in total. The Morgan fingerprint density at radius 2 is 2.13 bits per heavy atom. The minimum absolute atomic E-state index is 0.0567. The van der Waals surface area contributed by atoms with Crippen molar-refractivity contribution in [1.82, 2.24) is 14.9 Å². The highest BCUT2D eigenvalue weighted by Gasteiger charge is 2.28. The highest BCUT2D eigenvalue weighted by molar-refractivity contribution is 7.17. The van der Waals surface area contributed by atoms with Crippen LogP contribution in [0.3, 0.4) is 0 Å². The van der Waals surface area contributed by atoms with Crippen LogP contribution < -0.4 is 5.32 Å². The van der Waals surface area contributed by atoms with Crippen LogP contribution in [0.1, 0.15) is 28.9 Å². The number of ether oxygens (including phenoxy) is 1. The van der Waals surface area contributed by atoms with Crippen LogP contribution in [0, 0.1) is 0 Å². The van der Waals surface area contributed by atoms with Gasteiger partial charge in [-0.15, -0.1) is 11.3 Å². The molecule has 0 bridgehead atoms. The number of rotatable bonds is 5. The monoisotopic (exact) mass is 422 g/mol. The number of fused-ring (bicyclic) bond motifs is 3. The summed E-state index contributed by atoms with van der Waals surface area (Å²) in [4.78, 5) is 25.8. The molecule has 1 fully saturated rings. The molecule has 3 aromatic rings. The van der Waals surface area contributed by atoms with Crippen molar-refractivity contribution in [2.75, 3.05) is 19.7 Å². The normalized spacial score (nSPS) is 18.9. The molecule has 1 atom stereocenters. The van der Waals surface area contributed by atoms with E-state index in [9.17, 15) is 9.59 Å². The SMILES string of the molecule is O=C(CN1N=C(c2ccccc2)Cn2c(cc3sccc32)C1=O)NC[C@H]1CCCO1. The van der Waals surface area contributed by atoms with Crippen molar-refractivity contribution in [1.29, 1.82) is 0 Å². The van der Waals surface area contributed by atoms with E-state index in [1.165, 1.54) is 5.01 Å². The number of thiophene rings is 1. The molecule has 30 heavy (non-hydrogen) atoms. The van der Waals surface area contributed by atoms with E-state index in [2.05, 4.69) is 10.4 Å². The van der Waals surface area contributed by atoms with Crippen LogP contribution in [-0.2, 0) is 16.1 Å². The van der Waals surface area contributed by atoms with Crippen molar-refractivity contribution in [2.24, 2.45) is 5.10 Å². The van der Waals surface area contributed by atoms with Crippen LogP contribution >= 0.6 is 11.3 Å². The van der Waals surface area contributed by atoms with E-state index in [4.69, 9.17) is 4.74 Å². The maximum absolute atomic E-state index is 13.3. The van der Waals surface area contributed by atoms with Gasteiger partial charge in [0, 0.05) is 13.2 Å². The maximum atomic E-state index is 13.3. The Hall–Kier alpha value is -2.97. The largest absolute Gasteiger partial charge is 0.376 e. The van der Waals surface area contributed by atoms with Crippen LogP contribution in [0.15, 0.2) is 52.9 Å². The van der Waals surface area contributed by atoms with E-state index in [1.54, 1.807) is 11.3 Å². The van der Waals surface area contributed by atoms with Gasteiger partial charge >= 0.3 is 0 Å². The number of nitrogens with zero attached hydrogens (tertiary/aromatic N) is 3. The van der Waals surface area contributed by atoms with Gasteiger partial charge in [-0.3, -0.25) is 9.59 Å². The first kappa shape index (κ1) is 19.0. The average molecular weight is 423 g/mol. The Kier molecular flexibility index (Phi) is 5.10. The van der Waals surface area contributed by atoms with Gasteiger partial charge in [-0.05, 0) is 35.9 Å². The van der Waals surface area contributed by atoms with Gasteiger partial charge in [0.1, 0.15) is 12.2 Å². The number of carbonyl (C=O) groups is 2. The van der Waals surface area contributed by atoms with Crippen molar-refractivity contribution in [3.63, 3.8) is 0 Å². The fraction of sp³-hybridized carbons (Fsp3) is 0.318. The maximum Gasteiger partial charge on any atom is 0.291 e. The zero-order valence-corrected chi connectivity index (χ0v) is 17.2. The highest BCUT2D eigenvalue weighted by Crippen LogP contribution is 2.28. The second-order valence-electron chi connectivity index (χ2n) is 7.50. The fourth-order valence-electron chi connectivity index (χ4n) is 3.94. The number of benzene rings is 1. The molecule has 0 unspecified atom stereocenters. The van der Waals surface area contributed by atoms with Crippen molar-refractivity contribution < 1.29 is 14.3 Å². The summed E-state index contributed by atoms with van der Waals surface area (Å²) in [6, 6.07) is 13.7. The molecule has 154 valence electrons. The summed E-state index contributed by atoms with van der Waals surface area (Å²) in [6.45, 7) is 1.55. The van der Waals surface area contributed by atoms with Crippen molar-refractivity contribution >= 4 is 39.1 Å². The molecule has 0 spiro atoms. The number of hydrazone groups is 1. The van der Waals surface area contributed by atoms with Gasteiger partial charge in [0.15, 0.2) is 0 Å². The highest BCUT2D eigenvalue weighted by atomic mass is 32.1. The van der Waals surface area contributed by atoms with Crippen LogP contribution in [-0.4, -0.2) is 52.9 Å². The van der Waals surface area contributed by atoms with E-state index in [0.717, 1.165) is 40.9 Å². The first-order valence-electron chi connectivity index (χ1n) is 10.1. The third kappa shape index (κ3) is 3.64. The number of hydrogen-bond acceptors (Lipinski definition) is 5. The van der Waals surface area contributed by atoms with Gasteiger partial charge in [0.25, 0.3) is 5.91 Å². The lowest BCUT2D eigenvalue weighted by molar-refractivity contribution is -0.122. The smallest absolute Gasteiger partial charge is 0.291 e. The molecule has 5 rings (SSSR count). The average Bonchev–Trinajstić information content (AvgIpc) is 3.48. The number of hydrogen-bond donors (Lipinski definition) is 1. The zero-order chi connectivity index (χ0) is 20.5. The molecule has 2 aliphatic heterocycles. The molecule has 2 aromatic heterocycles.